The van der Waals surface area contributed by atoms with Crippen molar-refractivity contribution in [1.29, 1.82) is 0 Å². The van der Waals surface area contributed by atoms with Crippen molar-refractivity contribution < 1.29 is 19.1 Å². The smallest absolute Gasteiger partial charge is 0.303 e. The average molecular weight is 417 g/mol. The molecule has 3 rings (SSSR count). The van der Waals surface area contributed by atoms with Gasteiger partial charge >= 0.3 is 5.97 Å². The lowest BCUT2D eigenvalue weighted by Crippen LogP contribution is -2.53. The van der Waals surface area contributed by atoms with Crippen LogP contribution in [0.3, 0.4) is 0 Å². The molecular formula is C24H36N2O4. The molecule has 3 unspecified atom stereocenters. The van der Waals surface area contributed by atoms with Crippen molar-refractivity contribution in [1.82, 2.24) is 4.98 Å². The monoisotopic (exact) mass is 416 g/mol. The summed E-state index contributed by atoms with van der Waals surface area (Å²) in [4.78, 5) is 31.4. The summed E-state index contributed by atoms with van der Waals surface area (Å²) in [6, 6.07) is 3.85. The van der Waals surface area contributed by atoms with Crippen LogP contribution in [0.25, 0.3) is 0 Å². The highest BCUT2D eigenvalue weighted by Gasteiger charge is 2.79. The van der Waals surface area contributed by atoms with Crippen molar-refractivity contribution in [3.63, 3.8) is 0 Å². The summed E-state index contributed by atoms with van der Waals surface area (Å²) in [6.45, 7) is 15.3. The van der Waals surface area contributed by atoms with Crippen molar-refractivity contribution >= 4 is 17.4 Å². The molecule has 2 saturated carbocycles. The van der Waals surface area contributed by atoms with Crippen LogP contribution in [0.4, 0.5) is 5.69 Å². The SMILES string of the molecule is CC(=O)OCc1ccc(N(CCOC(C)(C)C)C23C(=O)C(C)CCC2C3(C)C)cn1. The molecule has 0 aliphatic heterocycles. The number of rotatable bonds is 7. The van der Waals surface area contributed by atoms with Crippen molar-refractivity contribution in [2.24, 2.45) is 17.3 Å². The van der Waals surface area contributed by atoms with Gasteiger partial charge in [-0.1, -0.05) is 20.8 Å². The van der Waals surface area contributed by atoms with Gasteiger partial charge in [-0.15, -0.1) is 0 Å². The molecule has 6 heteroatoms. The summed E-state index contributed by atoms with van der Waals surface area (Å²) in [5.41, 5.74) is 0.764. The molecule has 3 atom stereocenters. The number of aromatic nitrogens is 1. The second-order valence-electron chi connectivity index (χ2n) is 10.3. The standard InChI is InChI=1S/C24H36N2O4/c1-16-8-11-20-23(6,7)24(20,21(16)28)26(12-13-30-22(3,4)5)19-10-9-18(25-14-19)15-29-17(2)27/h9-10,14,16,20H,8,11-13,15H2,1-7H3. The molecule has 166 valence electrons. The molecule has 1 aromatic heterocycles. The van der Waals surface area contributed by atoms with Gasteiger partial charge in [-0.25, -0.2) is 0 Å². The van der Waals surface area contributed by atoms with Gasteiger partial charge < -0.3 is 14.4 Å². The van der Waals surface area contributed by atoms with Crippen molar-refractivity contribution in [2.45, 2.75) is 79.1 Å². The fourth-order valence-corrected chi connectivity index (χ4v) is 5.29. The summed E-state index contributed by atoms with van der Waals surface area (Å²) in [6.07, 6.45) is 3.82. The van der Waals surface area contributed by atoms with Crippen LogP contribution in [0.1, 0.15) is 67.0 Å². The van der Waals surface area contributed by atoms with E-state index in [4.69, 9.17) is 9.47 Å². The van der Waals surface area contributed by atoms with Gasteiger partial charge in [0.2, 0.25) is 0 Å². The Bertz CT molecular complexity index is 796. The molecule has 0 radical (unpaired) electrons. The summed E-state index contributed by atoms with van der Waals surface area (Å²) < 4.78 is 11.1. The number of carbonyl (C=O) groups is 2. The molecule has 0 N–H and O–H groups in total. The number of hydrogen-bond donors (Lipinski definition) is 0. The van der Waals surface area contributed by atoms with Crippen LogP contribution in [0.15, 0.2) is 18.3 Å². The minimum atomic E-state index is -0.509. The number of hydrogen-bond acceptors (Lipinski definition) is 6. The van der Waals surface area contributed by atoms with Crippen molar-refractivity contribution in [3.8, 4) is 0 Å². The van der Waals surface area contributed by atoms with Gasteiger partial charge in [-0.3, -0.25) is 14.6 Å². The highest BCUT2D eigenvalue weighted by atomic mass is 16.5. The molecule has 0 amide bonds. The topological polar surface area (TPSA) is 68.7 Å². The zero-order valence-electron chi connectivity index (χ0n) is 19.4. The van der Waals surface area contributed by atoms with Crippen LogP contribution < -0.4 is 4.90 Å². The molecule has 1 heterocycles. The molecule has 2 aliphatic rings. The maximum absolute atomic E-state index is 13.6. The molecule has 0 bridgehead atoms. The third kappa shape index (κ3) is 3.98. The number of ether oxygens (including phenoxy) is 2. The third-order valence-electron chi connectivity index (χ3n) is 6.81. The largest absolute Gasteiger partial charge is 0.459 e. The van der Waals surface area contributed by atoms with E-state index in [9.17, 15) is 9.59 Å². The quantitative estimate of drug-likeness (QED) is 0.622. The Balaban J connectivity index is 1.91. The van der Waals surface area contributed by atoms with Crippen molar-refractivity contribution in [3.05, 3.63) is 24.0 Å². The van der Waals surface area contributed by atoms with Gasteiger partial charge in [0.15, 0.2) is 5.78 Å². The Kier molecular flexibility index (Phi) is 6.02. The van der Waals surface area contributed by atoms with Gasteiger partial charge in [-0.2, -0.15) is 0 Å². The molecule has 1 aromatic rings. The summed E-state index contributed by atoms with van der Waals surface area (Å²) in [5.74, 6) is 0.405. The maximum Gasteiger partial charge on any atom is 0.303 e. The lowest BCUT2D eigenvalue weighted by Gasteiger charge is -2.39. The number of Topliss-reactive ketones (excluding diaryl/α,β-unsaturated/α-hetero) is 1. The first-order valence-corrected chi connectivity index (χ1v) is 11.0. The van der Waals surface area contributed by atoms with E-state index in [0.29, 0.717) is 30.5 Å². The Morgan fingerprint density at radius 3 is 2.53 bits per heavy atom. The minimum Gasteiger partial charge on any atom is -0.459 e. The predicted molar refractivity (Wildman–Crippen MR) is 116 cm³/mol. The zero-order chi connectivity index (χ0) is 22.3. The number of anilines is 1. The Morgan fingerprint density at radius 1 is 1.27 bits per heavy atom. The fraction of sp³-hybridized carbons (Fsp3) is 0.708. The number of carbonyl (C=O) groups excluding carboxylic acids is 2. The average Bonchev–Trinajstić information content (AvgIpc) is 3.16. The maximum atomic E-state index is 13.6. The molecule has 0 aromatic carbocycles. The lowest BCUT2D eigenvalue weighted by atomic mass is 9.83. The van der Waals surface area contributed by atoms with E-state index in [0.717, 1.165) is 18.5 Å². The third-order valence-corrected chi connectivity index (χ3v) is 6.81. The van der Waals surface area contributed by atoms with E-state index in [1.165, 1.54) is 6.92 Å². The van der Waals surface area contributed by atoms with Gasteiger partial charge in [0.1, 0.15) is 12.1 Å². The predicted octanol–water partition coefficient (Wildman–Crippen LogP) is 4.16. The summed E-state index contributed by atoms with van der Waals surface area (Å²) in [5, 5.41) is 0. The van der Waals surface area contributed by atoms with E-state index in [-0.39, 0.29) is 29.5 Å². The zero-order valence-corrected chi connectivity index (χ0v) is 19.4. The Hall–Kier alpha value is -1.95. The highest BCUT2D eigenvalue weighted by molar-refractivity contribution is 6.00. The number of ketones is 1. The van der Waals surface area contributed by atoms with Gasteiger partial charge in [0.05, 0.1) is 29.8 Å². The van der Waals surface area contributed by atoms with Gasteiger partial charge in [0.25, 0.3) is 0 Å². The molecular weight excluding hydrogens is 380 g/mol. The Morgan fingerprint density at radius 2 is 1.97 bits per heavy atom. The lowest BCUT2D eigenvalue weighted by molar-refractivity contribution is -0.142. The van der Waals surface area contributed by atoms with Crippen LogP contribution in [-0.2, 0) is 25.7 Å². The summed E-state index contributed by atoms with van der Waals surface area (Å²) in [7, 11) is 0. The van der Waals surface area contributed by atoms with Crippen LogP contribution in [0, 0.1) is 17.3 Å². The van der Waals surface area contributed by atoms with Crippen molar-refractivity contribution in [2.75, 3.05) is 18.1 Å². The highest BCUT2D eigenvalue weighted by Crippen LogP contribution is 2.70. The van der Waals surface area contributed by atoms with E-state index in [2.05, 4.69) is 30.7 Å². The molecule has 2 aliphatic carbocycles. The first kappa shape index (κ1) is 22.7. The molecule has 6 nitrogen and oxygen atoms in total. The molecule has 30 heavy (non-hydrogen) atoms. The summed E-state index contributed by atoms with van der Waals surface area (Å²) >= 11 is 0. The van der Waals surface area contributed by atoms with Crippen LogP contribution in [-0.4, -0.2) is 41.0 Å². The second kappa shape index (κ2) is 7.95. The molecule has 0 saturated heterocycles. The first-order valence-electron chi connectivity index (χ1n) is 11.0. The first-order chi connectivity index (χ1) is 13.9. The Labute approximate surface area is 180 Å². The second-order valence-corrected chi connectivity index (χ2v) is 10.3. The minimum absolute atomic E-state index is 0.0604. The van der Waals surface area contributed by atoms with Crippen LogP contribution in [0.5, 0.6) is 0 Å². The van der Waals surface area contributed by atoms with Crippen LogP contribution >= 0.6 is 0 Å². The van der Waals surface area contributed by atoms with E-state index < -0.39 is 5.54 Å². The van der Waals surface area contributed by atoms with E-state index >= 15 is 0 Å². The number of pyridine rings is 1. The van der Waals surface area contributed by atoms with E-state index in [1.54, 1.807) is 6.20 Å². The van der Waals surface area contributed by atoms with Gasteiger partial charge in [0, 0.05) is 24.8 Å². The van der Waals surface area contributed by atoms with E-state index in [1.807, 2.05) is 32.9 Å². The number of fused-ring (bicyclic) bond motifs is 1. The fourth-order valence-electron chi connectivity index (χ4n) is 5.29. The number of esters is 1. The normalized spacial score (nSPS) is 27.4. The molecule has 2 fully saturated rings. The van der Waals surface area contributed by atoms with Crippen LogP contribution in [0.2, 0.25) is 0 Å². The van der Waals surface area contributed by atoms with Gasteiger partial charge in [-0.05, 0) is 51.7 Å². The number of nitrogens with zero attached hydrogens (tertiary/aromatic N) is 2. The molecule has 0 spiro atoms.